The van der Waals surface area contributed by atoms with Crippen LogP contribution in [0.2, 0.25) is 0 Å². The lowest BCUT2D eigenvalue weighted by atomic mass is 10.2. The minimum absolute atomic E-state index is 0.0769. The van der Waals surface area contributed by atoms with E-state index in [-0.39, 0.29) is 6.61 Å². The zero-order valence-electron chi connectivity index (χ0n) is 11.9. The third-order valence-electron chi connectivity index (χ3n) is 2.84. The Balaban J connectivity index is 2.81. The number of carbonyl (C=O) groups excluding carboxylic acids is 1. The molecule has 1 rings (SSSR count). The van der Waals surface area contributed by atoms with Crippen molar-refractivity contribution < 1.29 is 19.4 Å². The fraction of sp³-hybridized carbons (Fsp3) is 0.429. The van der Waals surface area contributed by atoms with Crippen molar-refractivity contribution in [1.29, 1.82) is 0 Å². The highest BCUT2D eigenvalue weighted by molar-refractivity contribution is 5.94. The number of aliphatic carboxylic acids is 1. The molecule has 0 aliphatic heterocycles. The van der Waals surface area contributed by atoms with Gasteiger partial charge >= 0.3 is 12.0 Å². The first-order valence-electron chi connectivity index (χ1n) is 6.36. The van der Waals surface area contributed by atoms with Crippen molar-refractivity contribution >= 4 is 17.7 Å². The number of nitrogens with zero attached hydrogens (tertiary/aromatic N) is 1. The maximum absolute atomic E-state index is 12.1. The summed E-state index contributed by atoms with van der Waals surface area (Å²) >= 11 is 0. The summed E-state index contributed by atoms with van der Waals surface area (Å²) in [4.78, 5) is 24.6. The molecular weight excluding hydrogens is 260 g/mol. The molecule has 0 aromatic heterocycles. The maximum Gasteiger partial charge on any atom is 0.328 e. The molecule has 2 amide bonds. The Kier molecular flexibility index (Phi) is 5.99. The predicted octanol–water partition coefficient (Wildman–Crippen LogP) is 1.63. The monoisotopic (exact) mass is 280 g/mol. The van der Waals surface area contributed by atoms with Crippen LogP contribution in [0.25, 0.3) is 0 Å². The normalized spacial score (nSPS) is 11.8. The maximum atomic E-state index is 12.1. The molecule has 6 heteroatoms. The van der Waals surface area contributed by atoms with Crippen LogP contribution in [0.5, 0.6) is 0 Å². The number of hydrogen-bond acceptors (Lipinski definition) is 3. The van der Waals surface area contributed by atoms with Crippen molar-refractivity contribution in [1.82, 2.24) is 5.32 Å². The van der Waals surface area contributed by atoms with Crippen LogP contribution in [0.15, 0.2) is 24.3 Å². The average Bonchev–Trinajstić information content (AvgIpc) is 2.41. The topological polar surface area (TPSA) is 78.9 Å². The molecule has 0 fully saturated rings. The molecule has 20 heavy (non-hydrogen) atoms. The summed E-state index contributed by atoms with van der Waals surface area (Å²) in [7, 11) is 1.39. The number of nitrogens with one attached hydrogen (secondary N) is 1. The zero-order valence-corrected chi connectivity index (χ0v) is 11.9. The molecule has 6 nitrogen and oxygen atoms in total. The number of benzene rings is 1. The van der Waals surface area contributed by atoms with Crippen LogP contribution < -0.4 is 10.2 Å². The Labute approximate surface area is 118 Å². The Morgan fingerprint density at radius 1 is 1.35 bits per heavy atom. The molecule has 0 bridgehead atoms. The van der Waals surface area contributed by atoms with E-state index < -0.39 is 18.0 Å². The second kappa shape index (κ2) is 7.49. The van der Waals surface area contributed by atoms with E-state index in [0.717, 1.165) is 11.3 Å². The molecule has 1 unspecified atom stereocenters. The van der Waals surface area contributed by atoms with Crippen molar-refractivity contribution in [2.45, 2.75) is 19.9 Å². The summed E-state index contributed by atoms with van der Waals surface area (Å²) in [6, 6.07) is 5.92. The Bertz CT molecular complexity index is 459. The molecule has 0 radical (unpaired) electrons. The molecule has 1 aromatic carbocycles. The number of methoxy groups -OCH3 is 1. The van der Waals surface area contributed by atoms with Crippen LogP contribution in [0, 0.1) is 6.92 Å². The smallest absolute Gasteiger partial charge is 0.328 e. The molecular formula is C14H20N2O4. The highest BCUT2D eigenvalue weighted by atomic mass is 16.5. The number of carboxylic acid groups (broad SMARTS) is 1. The molecule has 2 N–H and O–H groups in total. The lowest BCUT2D eigenvalue weighted by Crippen LogP contribution is -2.50. The summed E-state index contributed by atoms with van der Waals surface area (Å²) in [5.41, 5.74) is 1.81. The molecule has 0 aliphatic carbocycles. The number of aryl methyl sites for hydroxylation is 1. The van der Waals surface area contributed by atoms with Crippen molar-refractivity contribution in [2.24, 2.45) is 0 Å². The van der Waals surface area contributed by atoms with Crippen molar-refractivity contribution in [3.8, 4) is 0 Å². The standard InChI is InChI=1S/C14H20N2O4/c1-4-16(11-7-5-10(2)6-8-11)14(19)15-12(9-20-3)13(17)18/h5-8,12H,4,9H2,1-3H3,(H,15,19)(H,17,18). The predicted molar refractivity (Wildman–Crippen MR) is 76.0 cm³/mol. The van der Waals surface area contributed by atoms with Gasteiger partial charge in [-0.05, 0) is 26.0 Å². The number of carboxylic acids is 1. The van der Waals surface area contributed by atoms with Crippen LogP contribution in [0.4, 0.5) is 10.5 Å². The second-order valence-electron chi connectivity index (χ2n) is 4.38. The molecule has 110 valence electrons. The van der Waals surface area contributed by atoms with Crippen molar-refractivity contribution in [2.75, 3.05) is 25.2 Å². The van der Waals surface area contributed by atoms with Gasteiger partial charge in [-0.25, -0.2) is 9.59 Å². The highest BCUT2D eigenvalue weighted by Crippen LogP contribution is 2.15. The van der Waals surface area contributed by atoms with Gasteiger partial charge in [0.15, 0.2) is 6.04 Å². The van der Waals surface area contributed by atoms with Crippen LogP contribution in [0.1, 0.15) is 12.5 Å². The molecule has 0 heterocycles. The second-order valence-corrected chi connectivity index (χ2v) is 4.38. The van der Waals surface area contributed by atoms with E-state index in [2.05, 4.69) is 5.32 Å². The number of ether oxygens (including phenoxy) is 1. The van der Waals surface area contributed by atoms with Gasteiger partial charge in [0.25, 0.3) is 0 Å². The van der Waals surface area contributed by atoms with Crippen molar-refractivity contribution in [3.63, 3.8) is 0 Å². The molecule has 1 aromatic rings. The van der Waals surface area contributed by atoms with Gasteiger partial charge < -0.3 is 15.2 Å². The minimum Gasteiger partial charge on any atom is -0.480 e. The Morgan fingerprint density at radius 2 is 1.95 bits per heavy atom. The Hall–Kier alpha value is -2.08. The van der Waals surface area contributed by atoms with E-state index in [1.807, 2.05) is 38.1 Å². The van der Waals surface area contributed by atoms with Gasteiger partial charge in [0, 0.05) is 19.3 Å². The van der Waals surface area contributed by atoms with E-state index in [1.54, 1.807) is 0 Å². The zero-order chi connectivity index (χ0) is 15.1. The first kappa shape index (κ1) is 16.0. The number of urea groups is 1. The largest absolute Gasteiger partial charge is 0.480 e. The van der Waals surface area contributed by atoms with Gasteiger partial charge in [0.2, 0.25) is 0 Å². The number of amides is 2. The summed E-state index contributed by atoms with van der Waals surface area (Å²) in [6.07, 6.45) is 0. The van der Waals surface area contributed by atoms with E-state index in [9.17, 15) is 9.59 Å². The fourth-order valence-corrected chi connectivity index (χ4v) is 1.74. The Morgan fingerprint density at radius 3 is 2.40 bits per heavy atom. The number of rotatable bonds is 6. The van der Waals surface area contributed by atoms with Gasteiger partial charge in [-0.3, -0.25) is 4.90 Å². The molecule has 0 saturated heterocycles. The van der Waals surface area contributed by atoms with Crippen LogP contribution in [-0.2, 0) is 9.53 Å². The van der Waals surface area contributed by atoms with Gasteiger partial charge in [0.1, 0.15) is 0 Å². The van der Waals surface area contributed by atoms with Crippen LogP contribution in [0.3, 0.4) is 0 Å². The molecule has 1 atom stereocenters. The van der Waals surface area contributed by atoms with Crippen molar-refractivity contribution in [3.05, 3.63) is 29.8 Å². The quantitative estimate of drug-likeness (QED) is 0.830. The van der Waals surface area contributed by atoms with Gasteiger partial charge in [0.05, 0.1) is 6.61 Å². The van der Waals surface area contributed by atoms with Gasteiger partial charge in [-0.2, -0.15) is 0 Å². The fourth-order valence-electron chi connectivity index (χ4n) is 1.74. The lowest BCUT2D eigenvalue weighted by Gasteiger charge is -2.24. The first-order chi connectivity index (χ1) is 9.49. The number of carbonyl (C=O) groups is 2. The summed E-state index contributed by atoms with van der Waals surface area (Å²) < 4.78 is 4.79. The summed E-state index contributed by atoms with van der Waals surface area (Å²) in [6.45, 7) is 4.14. The van der Waals surface area contributed by atoms with Gasteiger partial charge in [-0.15, -0.1) is 0 Å². The summed E-state index contributed by atoms with van der Waals surface area (Å²) in [5, 5.41) is 11.4. The summed E-state index contributed by atoms with van der Waals surface area (Å²) in [5.74, 6) is -1.12. The lowest BCUT2D eigenvalue weighted by molar-refractivity contribution is -0.140. The van der Waals surface area contributed by atoms with E-state index in [1.165, 1.54) is 12.0 Å². The number of anilines is 1. The van der Waals surface area contributed by atoms with E-state index in [0.29, 0.717) is 6.54 Å². The third kappa shape index (κ3) is 4.24. The van der Waals surface area contributed by atoms with E-state index >= 15 is 0 Å². The van der Waals surface area contributed by atoms with Crippen LogP contribution in [-0.4, -0.2) is 43.4 Å². The molecule has 0 spiro atoms. The minimum atomic E-state index is -1.12. The highest BCUT2D eigenvalue weighted by Gasteiger charge is 2.23. The van der Waals surface area contributed by atoms with Gasteiger partial charge in [-0.1, -0.05) is 17.7 Å². The molecule has 0 aliphatic rings. The van der Waals surface area contributed by atoms with Crippen LogP contribution >= 0.6 is 0 Å². The molecule has 0 saturated carbocycles. The number of hydrogen-bond donors (Lipinski definition) is 2. The van der Waals surface area contributed by atoms with E-state index in [4.69, 9.17) is 9.84 Å². The average molecular weight is 280 g/mol. The SMILES string of the molecule is CCN(C(=O)NC(COC)C(=O)O)c1ccc(C)cc1. The first-order valence-corrected chi connectivity index (χ1v) is 6.36. The third-order valence-corrected chi connectivity index (χ3v) is 2.84.